The maximum absolute atomic E-state index is 10.9. The summed E-state index contributed by atoms with van der Waals surface area (Å²) >= 11 is 0. The molecule has 1 heterocycles. The summed E-state index contributed by atoms with van der Waals surface area (Å²) in [6, 6.07) is 6.47. The standard InChI is InChI=1S/C13H11N3O2/c1-14-8-2-4-10-6-7-12(16(17)18)11-5-3-9-15-13(10)11/h3,5-7,9,14H,8H2,1H3. The quantitative estimate of drug-likeness (QED) is 0.493. The number of fused-ring (bicyclic) bond motifs is 1. The Kier molecular flexibility index (Phi) is 3.51. The molecule has 0 saturated heterocycles. The third-order valence-electron chi connectivity index (χ3n) is 2.43. The molecule has 1 N–H and O–H groups in total. The van der Waals surface area contributed by atoms with Gasteiger partial charge in [0.2, 0.25) is 0 Å². The smallest absolute Gasteiger partial charge is 0.278 e. The summed E-state index contributed by atoms with van der Waals surface area (Å²) in [4.78, 5) is 14.7. The van der Waals surface area contributed by atoms with E-state index in [0.29, 0.717) is 23.0 Å². The Hall–Kier alpha value is -2.45. The maximum atomic E-state index is 10.9. The van der Waals surface area contributed by atoms with E-state index in [1.807, 2.05) is 0 Å². The molecule has 0 amide bonds. The Morgan fingerprint density at radius 1 is 1.44 bits per heavy atom. The lowest BCUT2D eigenvalue weighted by Crippen LogP contribution is -2.04. The van der Waals surface area contributed by atoms with E-state index in [1.54, 1.807) is 31.4 Å². The molecule has 0 atom stereocenters. The number of non-ortho nitro benzene ring substituents is 1. The minimum Gasteiger partial charge on any atom is -0.309 e. The van der Waals surface area contributed by atoms with Gasteiger partial charge in [0.05, 0.1) is 27.9 Å². The van der Waals surface area contributed by atoms with Crippen LogP contribution in [-0.2, 0) is 0 Å². The van der Waals surface area contributed by atoms with Crippen molar-refractivity contribution in [3.05, 3.63) is 46.1 Å². The fourth-order valence-corrected chi connectivity index (χ4v) is 1.65. The molecule has 0 aliphatic heterocycles. The highest BCUT2D eigenvalue weighted by atomic mass is 16.6. The molecule has 0 aliphatic carbocycles. The number of nitrogens with zero attached hydrogens (tertiary/aromatic N) is 2. The largest absolute Gasteiger partial charge is 0.309 e. The summed E-state index contributed by atoms with van der Waals surface area (Å²) < 4.78 is 0. The van der Waals surface area contributed by atoms with Crippen LogP contribution in [0, 0.1) is 22.0 Å². The van der Waals surface area contributed by atoms with Crippen molar-refractivity contribution in [2.45, 2.75) is 0 Å². The average molecular weight is 241 g/mol. The fourth-order valence-electron chi connectivity index (χ4n) is 1.65. The first-order valence-electron chi connectivity index (χ1n) is 5.39. The summed E-state index contributed by atoms with van der Waals surface area (Å²) in [5.41, 5.74) is 1.32. The van der Waals surface area contributed by atoms with Crippen LogP contribution in [0.15, 0.2) is 30.5 Å². The Bertz CT molecular complexity index is 656. The lowest BCUT2D eigenvalue weighted by atomic mass is 10.1. The van der Waals surface area contributed by atoms with Gasteiger partial charge in [-0.2, -0.15) is 0 Å². The van der Waals surface area contributed by atoms with Crippen molar-refractivity contribution in [1.82, 2.24) is 10.3 Å². The van der Waals surface area contributed by atoms with E-state index in [1.165, 1.54) is 6.07 Å². The molecule has 1 aromatic carbocycles. The van der Waals surface area contributed by atoms with Crippen molar-refractivity contribution in [3.8, 4) is 11.8 Å². The number of pyridine rings is 1. The molecule has 5 heteroatoms. The molecular weight excluding hydrogens is 230 g/mol. The van der Waals surface area contributed by atoms with Crippen molar-refractivity contribution in [2.24, 2.45) is 0 Å². The maximum Gasteiger partial charge on any atom is 0.278 e. The molecule has 2 rings (SSSR count). The minimum absolute atomic E-state index is 0.0530. The summed E-state index contributed by atoms with van der Waals surface area (Å²) in [7, 11) is 1.81. The van der Waals surface area contributed by atoms with Crippen molar-refractivity contribution in [3.63, 3.8) is 0 Å². The lowest BCUT2D eigenvalue weighted by molar-refractivity contribution is -0.383. The number of hydrogen-bond acceptors (Lipinski definition) is 4. The average Bonchev–Trinajstić information content (AvgIpc) is 2.38. The zero-order valence-electron chi connectivity index (χ0n) is 9.80. The van der Waals surface area contributed by atoms with Gasteiger partial charge in [-0.25, -0.2) is 0 Å². The Balaban J connectivity index is 2.62. The first kappa shape index (κ1) is 12.0. The molecule has 0 spiro atoms. The summed E-state index contributed by atoms with van der Waals surface area (Å²) in [6.45, 7) is 0.561. The van der Waals surface area contributed by atoms with E-state index in [0.717, 1.165) is 0 Å². The van der Waals surface area contributed by atoms with E-state index >= 15 is 0 Å². The van der Waals surface area contributed by atoms with Crippen LogP contribution in [0.1, 0.15) is 5.56 Å². The summed E-state index contributed by atoms with van der Waals surface area (Å²) in [6.07, 6.45) is 1.61. The number of hydrogen-bond donors (Lipinski definition) is 1. The van der Waals surface area contributed by atoms with Crippen molar-refractivity contribution < 1.29 is 4.92 Å². The van der Waals surface area contributed by atoms with Crippen LogP contribution in [0.4, 0.5) is 5.69 Å². The van der Waals surface area contributed by atoms with Crippen LogP contribution in [0.5, 0.6) is 0 Å². The summed E-state index contributed by atoms with van der Waals surface area (Å²) in [5.74, 6) is 5.88. The van der Waals surface area contributed by atoms with Gasteiger partial charge in [-0.15, -0.1) is 0 Å². The monoisotopic (exact) mass is 241 g/mol. The van der Waals surface area contributed by atoms with Crippen molar-refractivity contribution in [2.75, 3.05) is 13.6 Å². The molecule has 0 bridgehead atoms. The van der Waals surface area contributed by atoms with Crippen LogP contribution in [0.3, 0.4) is 0 Å². The molecule has 90 valence electrons. The fraction of sp³-hybridized carbons (Fsp3) is 0.154. The molecule has 0 unspecified atom stereocenters. The van der Waals surface area contributed by atoms with Gasteiger partial charge >= 0.3 is 0 Å². The molecule has 0 radical (unpaired) electrons. The van der Waals surface area contributed by atoms with Crippen molar-refractivity contribution >= 4 is 16.6 Å². The number of benzene rings is 1. The number of rotatable bonds is 2. The van der Waals surface area contributed by atoms with Gasteiger partial charge in [-0.05, 0) is 25.2 Å². The van der Waals surface area contributed by atoms with Crippen LogP contribution in [0.25, 0.3) is 10.9 Å². The number of nitro benzene ring substituents is 1. The van der Waals surface area contributed by atoms with Gasteiger partial charge in [-0.3, -0.25) is 15.1 Å². The predicted molar refractivity (Wildman–Crippen MR) is 69.2 cm³/mol. The van der Waals surface area contributed by atoms with Crippen LogP contribution in [-0.4, -0.2) is 23.5 Å². The Labute approximate surface area is 104 Å². The van der Waals surface area contributed by atoms with Crippen LogP contribution in [0.2, 0.25) is 0 Å². The normalized spacial score (nSPS) is 9.83. The van der Waals surface area contributed by atoms with Crippen LogP contribution < -0.4 is 5.32 Å². The third kappa shape index (κ3) is 2.29. The van der Waals surface area contributed by atoms with Gasteiger partial charge in [0.15, 0.2) is 0 Å². The van der Waals surface area contributed by atoms with Crippen LogP contribution >= 0.6 is 0 Å². The van der Waals surface area contributed by atoms with Gasteiger partial charge in [0.25, 0.3) is 5.69 Å². The molecule has 18 heavy (non-hydrogen) atoms. The van der Waals surface area contributed by atoms with Gasteiger partial charge in [0.1, 0.15) is 0 Å². The molecule has 0 fully saturated rings. The second-order valence-electron chi connectivity index (χ2n) is 3.62. The first-order valence-corrected chi connectivity index (χ1v) is 5.39. The number of nitrogens with one attached hydrogen (secondary N) is 1. The lowest BCUT2D eigenvalue weighted by Gasteiger charge is -2.00. The highest BCUT2D eigenvalue weighted by molar-refractivity contribution is 5.92. The second-order valence-corrected chi connectivity index (χ2v) is 3.62. The highest BCUT2D eigenvalue weighted by Crippen LogP contribution is 2.26. The summed E-state index contributed by atoms with van der Waals surface area (Å²) in [5, 5.41) is 14.3. The van der Waals surface area contributed by atoms with E-state index in [9.17, 15) is 10.1 Å². The van der Waals surface area contributed by atoms with Gasteiger partial charge in [0, 0.05) is 12.3 Å². The molecular formula is C13H11N3O2. The predicted octanol–water partition coefficient (Wildman–Crippen LogP) is 1.71. The number of nitro groups is 1. The van der Waals surface area contributed by atoms with E-state index in [4.69, 9.17) is 0 Å². The number of aromatic nitrogens is 1. The minimum atomic E-state index is -0.408. The van der Waals surface area contributed by atoms with Crippen molar-refractivity contribution in [1.29, 1.82) is 0 Å². The molecule has 2 aromatic rings. The molecule has 1 aromatic heterocycles. The van der Waals surface area contributed by atoms with Gasteiger partial charge in [-0.1, -0.05) is 11.8 Å². The van der Waals surface area contributed by atoms with E-state index in [2.05, 4.69) is 22.1 Å². The zero-order valence-corrected chi connectivity index (χ0v) is 9.80. The SMILES string of the molecule is CNCC#Cc1ccc([N+](=O)[O-])c2cccnc12. The van der Waals surface area contributed by atoms with E-state index in [-0.39, 0.29) is 5.69 Å². The molecule has 0 aliphatic rings. The van der Waals surface area contributed by atoms with Gasteiger partial charge < -0.3 is 5.32 Å². The third-order valence-corrected chi connectivity index (χ3v) is 2.43. The second kappa shape index (κ2) is 5.25. The Morgan fingerprint density at radius 2 is 2.28 bits per heavy atom. The first-order chi connectivity index (χ1) is 8.74. The topological polar surface area (TPSA) is 68.1 Å². The highest BCUT2D eigenvalue weighted by Gasteiger charge is 2.13. The molecule has 0 saturated carbocycles. The zero-order chi connectivity index (χ0) is 13.0. The Morgan fingerprint density at radius 3 is 3.00 bits per heavy atom. The van der Waals surface area contributed by atoms with E-state index < -0.39 is 4.92 Å². The molecule has 5 nitrogen and oxygen atoms in total.